The molecule has 0 spiro atoms. The zero-order chi connectivity index (χ0) is 22.7. The summed E-state index contributed by atoms with van der Waals surface area (Å²) in [5, 5.41) is 0.793. The second-order valence-electron chi connectivity index (χ2n) is 7.59. The van der Waals surface area contributed by atoms with Crippen molar-refractivity contribution in [3.8, 4) is 5.75 Å². The standard InChI is InChI=1S/C25H26N4O2S/c1-17-14-26-21(18(2)24(17)31-4)15-29-22-13-9-8-12-20(22)27-25(29)32-16-23(30)28(3)19-10-6-5-7-11-19/h5-14H,15-16H2,1-4H3. The van der Waals surface area contributed by atoms with Crippen molar-refractivity contribution in [3.05, 3.63) is 77.6 Å². The van der Waals surface area contributed by atoms with E-state index < -0.39 is 0 Å². The van der Waals surface area contributed by atoms with Gasteiger partial charge in [-0.2, -0.15) is 0 Å². The van der Waals surface area contributed by atoms with Gasteiger partial charge in [0.15, 0.2) is 5.16 Å². The maximum Gasteiger partial charge on any atom is 0.237 e. The Labute approximate surface area is 192 Å². The van der Waals surface area contributed by atoms with E-state index >= 15 is 0 Å². The topological polar surface area (TPSA) is 60.3 Å². The number of benzene rings is 2. The summed E-state index contributed by atoms with van der Waals surface area (Å²) in [6.45, 7) is 4.57. The minimum absolute atomic E-state index is 0.0196. The molecule has 4 rings (SSSR count). The molecule has 7 heteroatoms. The van der Waals surface area contributed by atoms with Gasteiger partial charge in [0.1, 0.15) is 5.75 Å². The molecule has 6 nitrogen and oxygen atoms in total. The van der Waals surface area contributed by atoms with Gasteiger partial charge >= 0.3 is 0 Å². The number of carbonyl (C=O) groups excluding carboxylic acids is 1. The number of hydrogen-bond donors (Lipinski definition) is 0. The molecular formula is C25H26N4O2S. The smallest absolute Gasteiger partial charge is 0.237 e. The number of amides is 1. The number of pyridine rings is 1. The number of nitrogens with zero attached hydrogens (tertiary/aromatic N) is 4. The van der Waals surface area contributed by atoms with Crippen LogP contribution in [0.4, 0.5) is 5.69 Å². The fourth-order valence-electron chi connectivity index (χ4n) is 3.72. The van der Waals surface area contributed by atoms with Gasteiger partial charge in [-0.1, -0.05) is 42.1 Å². The number of methoxy groups -OCH3 is 1. The third-order valence-electron chi connectivity index (χ3n) is 5.52. The molecule has 0 atom stereocenters. The summed E-state index contributed by atoms with van der Waals surface area (Å²) < 4.78 is 7.71. The highest BCUT2D eigenvalue weighted by Gasteiger charge is 2.18. The van der Waals surface area contributed by atoms with Crippen LogP contribution < -0.4 is 9.64 Å². The van der Waals surface area contributed by atoms with Crippen molar-refractivity contribution in [2.24, 2.45) is 0 Å². The van der Waals surface area contributed by atoms with Gasteiger partial charge in [0.2, 0.25) is 5.91 Å². The Morgan fingerprint density at radius 2 is 1.81 bits per heavy atom. The zero-order valence-corrected chi connectivity index (χ0v) is 19.5. The quantitative estimate of drug-likeness (QED) is 0.380. The normalized spacial score (nSPS) is 11.0. The van der Waals surface area contributed by atoms with Gasteiger partial charge in [-0.25, -0.2) is 4.98 Å². The predicted octanol–water partition coefficient (Wildman–Crippen LogP) is 4.86. The second kappa shape index (κ2) is 9.44. The van der Waals surface area contributed by atoms with Crippen LogP contribution in [0.15, 0.2) is 66.0 Å². The molecule has 0 radical (unpaired) electrons. The van der Waals surface area contributed by atoms with Crippen molar-refractivity contribution in [2.75, 3.05) is 24.8 Å². The molecule has 0 aliphatic rings. The van der Waals surface area contributed by atoms with Crippen molar-refractivity contribution in [2.45, 2.75) is 25.5 Å². The molecule has 2 aromatic carbocycles. The first-order valence-electron chi connectivity index (χ1n) is 10.4. The fourth-order valence-corrected chi connectivity index (χ4v) is 4.64. The zero-order valence-electron chi connectivity index (χ0n) is 18.7. The molecule has 0 saturated carbocycles. The van der Waals surface area contributed by atoms with Crippen molar-refractivity contribution in [1.82, 2.24) is 14.5 Å². The van der Waals surface area contributed by atoms with Gasteiger partial charge in [-0.3, -0.25) is 9.78 Å². The average molecular weight is 447 g/mol. The molecule has 2 heterocycles. The van der Waals surface area contributed by atoms with E-state index in [1.165, 1.54) is 11.8 Å². The summed E-state index contributed by atoms with van der Waals surface area (Å²) in [5.74, 6) is 1.16. The van der Waals surface area contributed by atoms with E-state index in [-0.39, 0.29) is 5.91 Å². The number of carbonyl (C=O) groups is 1. The number of fused-ring (bicyclic) bond motifs is 1. The van der Waals surface area contributed by atoms with Crippen molar-refractivity contribution in [1.29, 1.82) is 0 Å². The SMILES string of the molecule is COc1c(C)cnc(Cn2c(SCC(=O)N(C)c3ccccc3)nc3ccccc32)c1C. The summed E-state index contributed by atoms with van der Waals surface area (Å²) >= 11 is 1.44. The summed E-state index contributed by atoms with van der Waals surface area (Å²) in [6.07, 6.45) is 1.84. The number of imidazole rings is 1. The number of anilines is 1. The number of hydrogen-bond acceptors (Lipinski definition) is 5. The van der Waals surface area contributed by atoms with E-state index in [9.17, 15) is 4.79 Å². The second-order valence-corrected chi connectivity index (χ2v) is 8.53. The van der Waals surface area contributed by atoms with E-state index in [0.717, 1.165) is 44.4 Å². The number of rotatable bonds is 7. The third-order valence-corrected chi connectivity index (χ3v) is 6.48. The first-order chi connectivity index (χ1) is 15.5. The third kappa shape index (κ3) is 4.34. The van der Waals surface area contributed by atoms with Crippen LogP contribution in [0.1, 0.15) is 16.8 Å². The van der Waals surface area contributed by atoms with Crippen LogP contribution in [0.2, 0.25) is 0 Å². The maximum absolute atomic E-state index is 12.8. The average Bonchev–Trinajstić information content (AvgIpc) is 3.17. The predicted molar refractivity (Wildman–Crippen MR) is 130 cm³/mol. The van der Waals surface area contributed by atoms with Crippen LogP contribution in [0, 0.1) is 13.8 Å². The molecule has 2 aromatic heterocycles. The number of thioether (sulfide) groups is 1. The van der Waals surface area contributed by atoms with E-state index in [4.69, 9.17) is 9.72 Å². The molecule has 1 amide bonds. The minimum atomic E-state index is 0.0196. The Hall–Kier alpha value is -3.32. The molecule has 164 valence electrons. The highest BCUT2D eigenvalue weighted by Crippen LogP contribution is 2.29. The van der Waals surface area contributed by atoms with E-state index in [1.54, 1.807) is 19.1 Å². The number of aryl methyl sites for hydroxylation is 1. The molecular weight excluding hydrogens is 420 g/mol. The Kier molecular flexibility index (Phi) is 6.46. The van der Waals surface area contributed by atoms with E-state index in [0.29, 0.717) is 12.3 Å². The van der Waals surface area contributed by atoms with Crippen LogP contribution in [-0.4, -0.2) is 40.4 Å². The van der Waals surface area contributed by atoms with Gasteiger partial charge in [-0.05, 0) is 38.1 Å². The number of para-hydroxylation sites is 3. The molecule has 32 heavy (non-hydrogen) atoms. The van der Waals surface area contributed by atoms with Crippen molar-refractivity contribution < 1.29 is 9.53 Å². The molecule has 0 bridgehead atoms. The lowest BCUT2D eigenvalue weighted by molar-refractivity contribution is -0.115. The fraction of sp³-hybridized carbons (Fsp3) is 0.240. The first kappa shape index (κ1) is 21.9. The highest BCUT2D eigenvalue weighted by atomic mass is 32.2. The molecule has 0 saturated heterocycles. The van der Waals surface area contributed by atoms with Crippen molar-refractivity contribution in [3.63, 3.8) is 0 Å². The summed E-state index contributed by atoms with van der Waals surface area (Å²) in [5.41, 5.74) is 5.73. The summed E-state index contributed by atoms with van der Waals surface area (Å²) in [6, 6.07) is 17.7. The maximum atomic E-state index is 12.8. The molecule has 0 N–H and O–H groups in total. The van der Waals surface area contributed by atoms with Gasteiger partial charge in [-0.15, -0.1) is 0 Å². The Morgan fingerprint density at radius 3 is 2.56 bits per heavy atom. The molecule has 0 aliphatic heterocycles. The van der Waals surface area contributed by atoms with Crippen LogP contribution in [0.3, 0.4) is 0 Å². The van der Waals surface area contributed by atoms with Crippen LogP contribution >= 0.6 is 11.8 Å². The van der Waals surface area contributed by atoms with E-state index in [2.05, 4.69) is 9.55 Å². The Balaban J connectivity index is 1.62. The Bertz CT molecular complexity index is 1250. The lowest BCUT2D eigenvalue weighted by atomic mass is 10.1. The summed E-state index contributed by atoms with van der Waals surface area (Å²) in [7, 11) is 3.48. The highest BCUT2D eigenvalue weighted by molar-refractivity contribution is 7.99. The Morgan fingerprint density at radius 1 is 1.09 bits per heavy atom. The molecule has 4 aromatic rings. The van der Waals surface area contributed by atoms with Crippen molar-refractivity contribution >= 4 is 34.4 Å². The number of ether oxygens (including phenoxy) is 1. The summed E-state index contributed by atoms with van der Waals surface area (Å²) in [4.78, 5) is 24.0. The molecule has 0 aliphatic carbocycles. The van der Waals surface area contributed by atoms with Gasteiger partial charge < -0.3 is 14.2 Å². The van der Waals surface area contributed by atoms with Gasteiger partial charge in [0.05, 0.1) is 36.1 Å². The lowest BCUT2D eigenvalue weighted by Crippen LogP contribution is -2.28. The minimum Gasteiger partial charge on any atom is -0.496 e. The van der Waals surface area contributed by atoms with Crippen LogP contribution in [-0.2, 0) is 11.3 Å². The van der Waals surface area contributed by atoms with Crippen LogP contribution in [0.25, 0.3) is 11.0 Å². The van der Waals surface area contributed by atoms with E-state index in [1.807, 2.05) is 74.6 Å². The number of aromatic nitrogens is 3. The van der Waals surface area contributed by atoms with Gasteiger partial charge in [0, 0.05) is 30.1 Å². The first-order valence-corrected chi connectivity index (χ1v) is 11.4. The van der Waals surface area contributed by atoms with Gasteiger partial charge in [0.25, 0.3) is 0 Å². The molecule has 0 fully saturated rings. The largest absolute Gasteiger partial charge is 0.496 e. The molecule has 0 unspecified atom stereocenters. The monoisotopic (exact) mass is 446 g/mol. The van der Waals surface area contributed by atoms with Crippen LogP contribution in [0.5, 0.6) is 5.75 Å². The lowest BCUT2D eigenvalue weighted by Gasteiger charge is -2.17.